The van der Waals surface area contributed by atoms with Crippen molar-refractivity contribution in [3.8, 4) is 5.75 Å². The van der Waals surface area contributed by atoms with Gasteiger partial charge in [0.25, 0.3) is 0 Å². The maximum Gasteiger partial charge on any atom is 0.308 e. The third-order valence-electron chi connectivity index (χ3n) is 7.18. The number of hydrogen-bond acceptors (Lipinski definition) is 4. The fourth-order valence-electron chi connectivity index (χ4n) is 6.13. The van der Waals surface area contributed by atoms with Crippen LogP contribution in [0.1, 0.15) is 69.9 Å². The zero-order chi connectivity index (χ0) is 18.5. The minimum absolute atomic E-state index is 0.257. The maximum absolute atomic E-state index is 11.7. The van der Waals surface area contributed by atoms with Crippen LogP contribution >= 0.6 is 11.8 Å². The molecule has 3 nitrogen and oxygen atoms in total. The predicted octanol–water partition coefficient (Wildman–Crippen LogP) is 5.12. The molecule has 3 aliphatic carbocycles. The van der Waals surface area contributed by atoms with Crippen molar-refractivity contribution in [2.24, 2.45) is 17.3 Å². The Hall–Kier alpha value is -1.29. The Morgan fingerprint density at radius 1 is 1.15 bits per heavy atom. The highest BCUT2D eigenvalue weighted by molar-refractivity contribution is 8.14. The van der Waals surface area contributed by atoms with Crippen LogP contribution in [0.2, 0.25) is 0 Å². The zero-order valence-electron chi connectivity index (χ0n) is 15.9. The highest BCUT2D eigenvalue weighted by Gasteiger charge is 2.55. The fourth-order valence-corrected chi connectivity index (χ4v) is 7.35. The lowest BCUT2D eigenvalue weighted by Gasteiger charge is -2.50. The molecular formula is C22H28O3S. The van der Waals surface area contributed by atoms with Crippen LogP contribution in [0.15, 0.2) is 18.2 Å². The normalized spacial score (nSPS) is 35.2. The van der Waals surface area contributed by atoms with E-state index >= 15 is 0 Å². The Kier molecular flexibility index (Phi) is 4.66. The number of carbonyl (C=O) groups excluding carboxylic acids is 2. The van der Waals surface area contributed by atoms with E-state index in [4.69, 9.17) is 4.74 Å². The van der Waals surface area contributed by atoms with E-state index in [0.717, 1.165) is 18.3 Å². The second kappa shape index (κ2) is 6.70. The molecule has 0 saturated heterocycles. The van der Waals surface area contributed by atoms with Gasteiger partial charge in [-0.15, -0.1) is 0 Å². The molecular weight excluding hydrogens is 344 g/mol. The summed E-state index contributed by atoms with van der Waals surface area (Å²) in [5.74, 6) is 2.52. The standard InChI is InChI=1S/C22H28O3S/c1-13(23)25-16-5-7-17-15(12-16)4-6-19-18(17)10-11-22(3)20(19)8-9-21(22)26-14(2)24/h5,7,12,18-21H,4,6,8-11H2,1-3H3/t18-,19-,20-,21+,22-/m1/s1. The Morgan fingerprint density at radius 3 is 2.69 bits per heavy atom. The van der Waals surface area contributed by atoms with Gasteiger partial charge in [-0.05, 0) is 85.0 Å². The second-order valence-electron chi connectivity index (χ2n) is 8.59. The molecule has 0 unspecified atom stereocenters. The van der Waals surface area contributed by atoms with Gasteiger partial charge in [-0.25, -0.2) is 0 Å². The highest BCUT2D eigenvalue weighted by Crippen LogP contribution is 2.63. The van der Waals surface area contributed by atoms with E-state index < -0.39 is 0 Å². The molecule has 4 heteroatoms. The van der Waals surface area contributed by atoms with Gasteiger partial charge in [0.2, 0.25) is 0 Å². The third kappa shape index (κ3) is 3.00. The van der Waals surface area contributed by atoms with Gasteiger partial charge in [-0.2, -0.15) is 0 Å². The summed E-state index contributed by atoms with van der Waals surface area (Å²) in [6, 6.07) is 6.23. The summed E-state index contributed by atoms with van der Waals surface area (Å²) in [6.45, 7) is 5.61. The molecule has 3 aliphatic rings. The summed E-state index contributed by atoms with van der Waals surface area (Å²) >= 11 is 1.59. The van der Waals surface area contributed by atoms with Crippen molar-refractivity contribution in [2.45, 2.75) is 70.5 Å². The maximum atomic E-state index is 11.7. The quantitative estimate of drug-likeness (QED) is 0.534. The molecule has 0 aromatic heterocycles. The first-order valence-electron chi connectivity index (χ1n) is 9.87. The summed E-state index contributed by atoms with van der Waals surface area (Å²) in [4.78, 5) is 22.9. The summed E-state index contributed by atoms with van der Waals surface area (Å²) < 4.78 is 5.28. The van der Waals surface area contributed by atoms with Crippen molar-refractivity contribution >= 4 is 22.8 Å². The Morgan fingerprint density at radius 2 is 1.96 bits per heavy atom. The van der Waals surface area contributed by atoms with E-state index in [2.05, 4.69) is 19.1 Å². The van der Waals surface area contributed by atoms with E-state index in [-0.39, 0.29) is 11.1 Å². The van der Waals surface area contributed by atoms with Gasteiger partial charge in [-0.1, -0.05) is 24.8 Å². The van der Waals surface area contributed by atoms with Gasteiger partial charge in [0.05, 0.1) is 0 Å². The van der Waals surface area contributed by atoms with Crippen LogP contribution in [-0.4, -0.2) is 16.3 Å². The molecule has 5 atom stereocenters. The van der Waals surface area contributed by atoms with Crippen LogP contribution in [0.25, 0.3) is 0 Å². The highest BCUT2D eigenvalue weighted by atomic mass is 32.2. The van der Waals surface area contributed by atoms with Crippen LogP contribution < -0.4 is 4.74 Å². The Bertz CT molecular complexity index is 743. The molecule has 0 radical (unpaired) electrons. The van der Waals surface area contributed by atoms with Crippen molar-refractivity contribution in [1.82, 2.24) is 0 Å². The lowest BCUT2D eigenvalue weighted by molar-refractivity contribution is -0.131. The van der Waals surface area contributed by atoms with Gasteiger partial charge >= 0.3 is 5.97 Å². The summed E-state index contributed by atoms with van der Waals surface area (Å²) in [6.07, 6.45) is 7.18. The number of esters is 1. The first kappa shape index (κ1) is 18.1. The fraction of sp³-hybridized carbons (Fsp3) is 0.636. The molecule has 0 spiro atoms. The largest absolute Gasteiger partial charge is 0.427 e. The van der Waals surface area contributed by atoms with Crippen molar-refractivity contribution < 1.29 is 14.3 Å². The molecule has 2 saturated carbocycles. The number of benzene rings is 1. The molecule has 0 bridgehead atoms. The molecule has 26 heavy (non-hydrogen) atoms. The summed E-state index contributed by atoms with van der Waals surface area (Å²) in [5, 5.41) is 0.768. The summed E-state index contributed by atoms with van der Waals surface area (Å²) in [7, 11) is 0. The van der Waals surface area contributed by atoms with Crippen molar-refractivity contribution in [2.75, 3.05) is 0 Å². The van der Waals surface area contributed by atoms with Gasteiger partial charge in [-0.3, -0.25) is 9.59 Å². The Balaban J connectivity index is 1.58. The van der Waals surface area contributed by atoms with Crippen LogP contribution in [0, 0.1) is 17.3 Å². The van der Waals surface area contributed by atoms with Crippen LogP contribution in [-0.2, 0) is 16.0 Å². The number of aryl methyl sites for hydroxylation is 1. The van der Waals surface area contributed by atoms with E-state index in [0.29, 0.717) is 22.3 Å². The molecule has 1 aromatic rings. The topological polar surface area (TPSA) is 43.4 Å². The SMILES string of the molecule is CC(=O)Oc1ccc2c(c1)CC[C@@H]1[C@@H]2CC[C@@]2(C)[C@@H](SC(C)=O)CC[C@H]12. The first-order chi connectivity index (χ1) is 12.4. The number of hydrogen-bond donors (Lipinski definition) is 0. The number of fused-ring (bicyclic) bond motifs is 5. The smallest absolute Gasteiger partial charge is 0.308 e. The van der Waals surface area contributed by atoms with Crippen LogP contribution in [0.3, 0.4) is 0 Å². The predicted molar refractivity (Wildman–Crippen MR) is 104 cm³/mol. The molecule has 140 valence electrons. The van der Waals surface area contributed by atoms with E-state index in [1.807, 2.05) is 6.07 Å². The molecule has 0 heterocycles. The second-order valence-corrected chi connectivity index (χ2v) is 9.97. The van der Waals surface area contributed by atoms with Crippen molar-refractivity contribution in [3.05, 3.63) is 29.3 Å². The average molecular weight is 373 g/mol. The van der Waals surface area contributed by atoms with Gasteiger partial charge in [0.15, 0.2) is 5.12 Å². The monoisotopic (exact) mass is 372 g/mol. The molecule has 1 aromatic carbocycles. The van der Waals surface area contributed by atoms with Gasteiger partial charge in [0, 0.05) is 19.1 Å². The minimum Gasteiger partial charge on any atom is -0.427 e. The van der Waals surface area contributed by atoms with E-state index in [1.54, 1.807) is 18.7 Å². The van der Waals surface area contributed by atoms with Crippen molar-refractivity contribution in [3.63, 3.8) is 0 Å². The molecule has 2 fully saturated rings. The van der Waals surface area contributed by atoms with Gasteiger partial charge in [0.1, 0.15) is 5.75 Å². The number of carbonyl (C=O) groups is 2. The third-order valence-corrected chi connectivity index (χ3v) is 8.57. The van der Waals surface area contributed by atoms with Gasteiger partial charge < -0.3 is 4.74 Å². The summed E-state index contributed by atoms with van der Waals surface area (Å²) in [5.41, 5.74) is 3.15. The number of ether oxygens (including phenoxy) is 1. The van der Waals surface area contributed by atoms with Crippen LogP contribution in [0.5, 0.6) is 5.75 Å². The molecule has 0 N–H and O–H groups in total. The van der Waals surface area contributed by atoms with Crippen LogP contribution in [0.4, 0.5) is 0 Å². The average Bonchev–Trinajstić information content (AvgIpc) is 2.90. The molecule has 4 rings (SSSR count). The van der Waals surface area contributed by atoms with E-state index in [9.17, 15) is 9.59 Å². The minimum atomic E-state index is -0.257. The van der Waals surface area contributed by atoms with Crippen molar-refractivity contribution in [1.29, 1.82) is 0 Å². The van der Waals surface area contributed by atoms with E-state index in [1.165, 1.54) is 50.2 Å². The first-order valence-corrected chi connectivity index (χ1v) is 10.7. The lowest BCUT2D eigenvalue weighted by atomic mass is 9.56. The molecule has 0 amide bonds. The molecule has 0 aliphatic heterocycles. The zero-order valence-corrected chi connectivity index (χ0v) is 16.7. The number of thioether (sulfide) groups is 1. The lowest BCUT2D eigenvalue weighted by Crippen LogP contribution is -2.43. The number of rotatable bonds is 2. The Labute approximate surface area is 160 Å².